The van der Waals surface area contributed by atoms with Crippen LogP contribution < -0.4 is 9.64 Å². The third-order valence-electron chi connectivity index (χ3n) is 4.54. The summed E-state index contributed by atoms with van der Waals surface area (Å²) >= 11 is 1.63. The van der Waals surface area contributed by atoms with Crippen LogP contribution in [0.2, 0.25) is 0 Å². The molecule has 0 unspecified atom stereocenters. The van der Waals surface area contributed by atoms with Crippen molar-refractivity contribution in [2.24, 2.45) is 0 Å². The van der Waals surface area contributed by atoms with Crippen molar-refractivity contribution in [1.82, 2.24) is 0 Å². The maximum absolute atomic E-state index is 13.0. The van der Waals surface area contributed by atoms with Gasteiger partial charge in [0.25, 0.3) is 0 Å². The smallest absolute Gasteiger partial charge is 0.243 e. The molecular weight excluding hydrogens is 342 g/mol. The lowest BCUT2D eigenvalue weighted by Gasteiger charge is -2.47. The van der Waals surface area contributed by atoms with E-state index in [1.165, 1.54) is 0 Å². The fourth-order valence-electron chi connectivity index (χ4n) is 3.23. The van der Waals surface area contributed by atoms with Gasteiger partial charge in [-0.2, -0.15) is 0 Å². The van der Waals surface area contributed by atoms with E-state index in [9.17, 15) is 4.79 Å². The second kappa shape index (κ2) is 7.26. The van der Waals surface area contributed by atoms with Crippen molar-refractivity contribution in [3.8, 4) is 5.75 Å². The van der Waals surface area contributed by atoms with E-state index in [1.54, 1.807) is 18.9 Å². The topological polar surface area (TPSA) is 29.5 Å². The number of amides is 1. The van der Waals surface area contributed by atoms with Crippen LogP contribution in [0.15, 0.2) is 89.8 Å². The Labute approximate surface area is 157 Å². The number of hydrogen-bond donors (Lipinski definition) is 0. The average Bonchev–Trinajstić information content (AvgIpc) is 2.71. The van der Waals surface area contributed by atoms with Crippen LogP contribution in [0.1, 0.15) is 11.6 Å². The summed E-state index contributed by atoms with van der Waals surface area (Å²) in [6, 6.07) is 28.0. The standard InChI is InChI=1S/C22H19NO2S/c1-25-18-14-12-17(13-15-18)23-20(16-8-4-2-5-9-16)21(22(23)24)26-19-10-6-3-7-11-19/h2-15,20-21H,1H3/t20-,21-/m1/s1. The third-order valence-corrected chi connectivity index (χ3v) is 5.80. The fourth-order valence-corrected chi connectivity index (χ4v) is 4.46. The molecule has 1 amide bonds. The summed E-state index contributed by atoms with van der Waals surface area (Å²) in [5.41, 5.74) is 2.05. The van der Waals surface area contributed by atoms with Crippen LogP contribution in [-0.2, 0) is 4.79 Å². The van der Waals surface area contributed by atoms with E-state index in [-0.39, 0.29) is 17.2 Å². The molecule has 0 N–H and O–H groups in total. The lowest BCUT2D eigenvalue weighted by atomic mass is 9.92. The highest BCUT2D eigenvalue weighted by atomic mass is 32.2. The Bertz CT molecular complexity index is 881. The molecular formula is C22H19NO2S. The highest BCUT2D eigenvalue weighted by molar-refractivity contribution is 8.00. The van der Waals surface area contributed by atoms with Crippen molar-refractivity contribution in [3.05, 3.63) is 90.5 Å². The third kappa shape index (κ3) is 3.08. The lowest BCUT2D eigenvalue weighted by molar-refractivity contribution is -0.123. The molecule has 1 saturated heterocycles. The van der Waals surface area contributed by atoms with E-state index >= 15 is 0 Å². The van der Waals surface area contributed by atoms with Crippen LogP contribution in [0, 0.1) is 0 Å². The molecule has 26 heavy (non-hydrogen) atoms. The number of benzene rings is 3. The van der Waals surface area contributed by atoms with E-state index in [4.69, 9.17) is 4.74 Å². The maximum atomic E-state index is 13.0. The van der Waals surface area contributed by atoms with Gasteiger partial charge in [0.15, 0.2) is 0 Å². The molecule has 4 heteroatoms. The quantitative estimate of drug-likeness (QED) is 0.603. The lowest BCUT2D eigenvalue weighted by Crippen LogP contribution is -2.57. The van der Waals surface area contributed by atoms with Gasteiger partial charge in [0.2, 0.25) is 5.91 Å². The first-order chi connectivity index (χ1) is 12.8. The van der Waals surface area contributed by atoms with Gasteiger partial charge in [-0.05, 0) is 42.0 Å². The minimum Gasteiger partial charge on any atom is -0.497 e. The zero-order valence-corrected chi connectivity index (χ0v) is 15.2. The Kier molecular flexibility index (Phi) is 4.67. The normalized spacial score (nSPS) is 19.1. The molecule has 0 aliphatic carbocycles. The van der Waals surface area contributed by atoms with Crippen molar-refractivity contribution in [1.29, 1.82) is 0 Å². The first-order valence-electron chi connectivity index (χ1n) is 8.52. The minimum absolute atomic E-state index is 0.0160. The van der Waals surface area contributed by atoms with Gasteiger partial charge in [0.1, 0.15) is 11.0 Å². The van der Waals surface area contributed by atoms with Crippen LogP contribution in [0.5, 0.6) is 5.75 Å². The number of β-lactam (4-membered cyclic amide) rings is 1. The molecule has 130 valence electrons. The van der Waals surface area contributed by atoms with Gasteiger partial charge >= 0.3 is 0 Å². The number of rotatable bonds is 5. The number of ether oxygens (including phenoxy) is 1. The van der Waals surface area contributed by atoms with Gasteiger partial charge < -0.3 is 9.64 Å². The number of anilines is 1. The van der Waals surface area contributed by atoms with Gasteiger partial charge in [0.05, 0.1) is 13.2 Å². The van der Waals surface area contributed by atoms with E-state index in [0.29, 0.717) is 0 Å². The summed E-state index contributed by atoms with van der Waals surface area (Å²) < 4.78 is 5.23. The second-order valence-electron chi connectivity index (χ2n) is 6.11. The number of carbonyl (C=O) groups is 1. The first kappa shape index (κ1) is 16.7. The van der Waals surface area contributed by atoms with E-state index < -0.39 is 0 Å². The number of hydrogen-bond acceptors (Lipinski definition) is 3. The first-order valence-corrected chi connectivity index (χ1v) is 9.39. The molecule has 1 fully saturated rings. The highest BCUT2D eigenvalue weighted by Gasteiger charge is 2.49. The Balaban J connectivity index is 1.66. The summed E-state index contributed by atoms with van der Waals surface area (Å²) in [5, 5.41) is -0.123. The van der Waals surface area contributed by atoms with Crippen molar-refractivity contribution in [2.75, 3.05) is 12.0 Å². The molecule has 1 heterocycles. The molecule has 3 nitrogen and oxygen atoms in total. The molecule has 0 spiro atoms. The molecule has 4 rings (SSSR count). The molecule has 0 aromatic heterocycles. The molecule has 3 aromatic carbocycles. The maximum Gasteiger partial charge on any atom is 0.243 e. The number of nitrogens with zero attached hydrogens (tertiary/aromatic N) is 1. The summed E-state index contributed by atoms with van der Waals surface area (Å²) in [7, 11) is 1.64. The van der Waals surface area contributed by atoms with Crippen molar-refractivity contribution in [3.63, 3.8) is 0 Å². The van der Waals surface area contributed by atoms with Gasteiger partial charge in [-0.1, -0.05) is 48.5 Å². The summed E-state index contributed by atoms with van der Waals surface area (Å²) in [5.74, 6) is 0.922. The molecule has 1 aliphatic heterocycles. The summed E-state index contributed by atoms with van der Waals surface area (Å²) in [4.78, 5) is 16.0. The van der Waals surface area contributed by atoms with Gasteiger partial charge in [-0.25, -0.2) is 0 Å². The largest absolute Gasteiger partial charge is 0.497 e. The molecule has 3 aromatic rings. The zero-order chi connectivity index (χ0) is 17.9. The summed E-state index contributed by atoms with van der Waals surface area (Å²) in [6.07, 6.45) is 0. The van der Waals surface area contributed by atoms with Gasteiger partial charge in [0, 0.05) is 10.6 Å². The van der Waals surface area contributed by atoms with E-state index in [2.05, 4.69) is 24.3 Å². The van der Waals surface area contributed by atoms with Gasteiger partial charge in [-0.15, -0.1) is 11.8 Å². The van der Waals surface area contributed by atoms with Gasteiger partial charge in [-0.3, -0.25) is 4.79 Å². The van der Waals surface area contributed by atoms with Crippen molar-refractivity contribution in [2.45, 2.75) is 16.2 Å². The molecule has 2 atom stereocenters. The summed E-state index contributed by atoms with van der Waals surface area (Å²) in [6.45, 7) is 0. The molecule has 0 bridgehead atoms. The monoisotopic (exact) mass is 361 g/mol. The van der Waals surface area contributed by atoms with Crippen LogP contribution >= 0.6 is 11.8 Å². The van der Waals surface area contributed by atoms with E-state index in [1.807, 2.05) is 65.6 Å². The number of thioether (sulfide) groups is 1. The second-order valence-corrected chi connectivity index (χ2v) is 7.33. The van der Waals surface area contributed by atoms with Crippen LogP contribution in [0.4, 0.5) is 5.69 Å². The Morgan fingerprint density at radius 1 is 0.846 bits per heavy atom. The minimum atomic E-state index is -0.123. The SMILES string of the molecule is COc1ccc(N2C(=O)[C@H](Sc3ccccc3)[C@H]2c2ccccc2)cc1. The predicted octanol–water partition coefficient (Wildman–Crippen LogP) is 4.94. The fraction of sp³-hybridized carbons (Fsp3) is 0.136. The molecule has 0 radical (unpaired) electrons. The van der Waals surface area contributed by atoms with Crippen LogP contribution in [-0.4, -0.2) is 18.3 Å². The molecule has 0 saturated carbocycles. The van der Waals surface area contributed by atoms with Crippen LogP contribution in [0.3, 0.4) is 0 Å². The van der Waals surface area contributed by atoms with Crippen molar-refractivity contribution < 1.29 is 9.53 Å². The van der Waals surface area contributed by atoms with E-state index in [0.717, 1.165) is 21.9 Å². The highest BCUT2D eigenvalue weighted by Crippen LogP contribution is 2.47. The average molecular weight is 361 g/mol. The molecule has 1 aliphatic rings. The Morgan fingerprint density at radius 3 is 2.08 bits per heavy atom. The predicted molar refractivity (Wildman–Crippen MR) is 106 cm³/mol. The Hall–Kier alpha value is -2.72. The zero-order valence-electron chi connectivity index (χ0n) is 14.4. The number of carbonyl (C=O) groups excluding carboxylic acids is 1. The Morgan fingerprint density at radius 2 is 1.46 bits per heavy atom. The van der Waals surface area contributed by atoms with Crippen LogP contribution in [0.25, 0.3) is 0 Å². The number of methoxy groups -OCH3 is 1. The van der Waals surface area contributed by atoms with Crippen molar-refractivity contribution >= 4 is 23.4 Å².